The van der Waals surface area contributed by atoms with Gasteiger partial charge in [0.2, 0.25) is 17.7 Å². The monoisotopic (exact) mass is 646 g/mol. The van der Waals surface area contributed by atoms with Crippen molar-refractivity contribution < 1.29 is 17.9 Å². The topological polar surface area (TPSA) is 101 Å². The summed E-state index contributed by atoms with van der Waals surface area (Å²) < 4.78 is 36.5. The molecule has 1 aliphatic carbocycles. The van der Waals surface area contributed by atoms with Gasteiger partial charge < -0.3 is 9.64 Å². The van der Waals surface area contributed by atoms with Crippen LogP contribution in [0, 0.1) is 43.4 Å². The van der Waals surface area contributed by atoms with Crippen LogP contribution in [0.15, 0.2) is 53.4 Å². The van der Waals surface area contributed by atoms with Crippen LogP contribution >= 0.6 is 0 Å². The number of sulfonamides is 1. The molecule has 46 heavy (non-hydrogen) atoms. The van der Waals surface area contributed by atoms with E-state index < -0.39 is 10.0 Å². The number of aryl methyl sites for hydroxylation is 2. The number of rotatable bonds is 9. The van der Waals surface area contributed by atoms with Crippen molar-refractivity contribution in [1.82, 2.24) is 14.9 Å². The second-order valence-electron chi connectivity index (χ2n) is 13.8. The number of carbonyl (C=O) groups is 1. The lowest BCUT2D eigenvalue weighted by Crippen LogP contribution is -2.46. The van der Waals surface area contributed by atoms with Crippen molar-refractivity contribution in [2.24, 2.45) is 29.6 Å². The van der Waals surface area contributed by atoms with Crippen molar-refractivity contribution in [2.75, 3.05) is 24.4 Å². The highest BCUT2D eigenvalue weighted by molar-refractivity contribution is 7.92. The molecule has 3 aromatic rings. The summed E-state index contributed by atoms with van der Waals surface area (Å²) in [7, 11) is -3.96. The average molecular weight is 647 g/mol. The van der Waals surface area contributed by atoms with Crippen LogP contribution in [-0.4, -0.2) is 48.9 Å². The van der Waals surface area contributed by atoms with Crippen LogP contribution in [0.5, 0.6) is 5.88 Å². The van der Waals surface area contributed by atoms with Gasteiger partial charge in [0, 0.05) is 30.6 Å². The van der Waals surface area contributed by atoms with Gasteiger partial charge in [0.1, 0.15) is 0 Å². The zero-order valence-corrected chi connectivity index (χ0v) is 29.1. The van der Waals surface area contributed by atoms with Crippen molar-refractivity contribution in [3.63, 3.8) is 0 Å². The van der Waals surface area contributed by atoms with Crippen LogP contribution < -0.4 is 9.46 Å². The first-order valence-electron chi connectivity index (χ1n) is 17.0. The second kappa shape index (κ2) is 14.5. The van der Waals surface area contributed by atoms with Crippen LogP contribution in [-0.2, 0) is 21.2 Å². The molecule has 0 saturated heterocycles. The summed E-state index contributed by atoms with van der Waals surface area (Å²) in [6, 6.07) is 15.1. The molecular formula is C37H50N4O4S. The van der Waals surface area contributed by atoms with Crippen LogP contribution in [0.3, 0.4) is 0 Å². The molecule has 2 aromatic carbocycles. The van der Waals surface area contributed by atoms with E-state index in [9.17, 15) is 13.2 Å². The van der Waals surface area contributed by atoms with Gasteiger partial charge in [-0.1, -0.05) is 58.0 Å². The fourth-order valence-corrected chi connectivity index (χ4v) is 8.42. The van der Waals surface area contributed by atoms with E-state index >= 15 is 0 Å². The first-order chi connectivity index (χ1) is 22.0. The van der Waals surface area contributed by atoms with Gasteiger partial charge in [0.05, 0.1) is 17.2 Å². The molecule has 2 unspecified atom stereocenters. The predicted octanol–water partition coefficient (Wildman–Crippen LogP) is 7.45. The molecule has 5 rings (SSSR count). The van der Waals surface area contributed by atoms with Crippen molar-refractivity contribution in [3.8, 4) is 17.1 Å². The number of fused-ring (bicyclic) bond motifs is 4. The molecule has 0 spiro atoms. The SMILES string of the molecule is CCCN(CCC)C(=O)C1CC(C2Cc3cccc(c3)S(=O)(=O)Nc3nc(cc(-c4c(C)cccc4C)n3)OCC2CC(C)C)C1. The molecular weight excluding hydrogens is 596 g/mol. The number of aromatic nitrogens is 2. The molecule has 1 aliphatic heterocycles. The molecule has 0 radical (unpaired) electrons. The van der Waals surface area contributed by atoms with E-state index in [4.69, 9.17) is 4.74 Å². The number of carbonyl (C=O) groups excluding carboxylic acids is 1. The Hall–Kier alpha value is -3.46. The van der Waals surface area contributed by atoms with Gasteiger partial charge in [-0.3, -0.25) is 4.79 Å². The molecule has 2 atom stereocenters. The third-order valence-electron chi connectivity index (χ3n) is 9.60. The van der Waals surface area contributed by atoms with Gasteiger partial charge in [0.15, 0.2) is 0 Å². The van der Waals surface area contributed by atoms with E-state index in [0.717, 1.165) is 73.9 Å². The number of anilines is 1. The maximum atomic E-state index is 13.7. The lowest BCUT2D eigenvalue weighted by Gasteiger charge is -2.44. The Balaban J connectivity index is 1.53. The fraction of sp³-hybridized carbons (Fsp3) is 0.541. The Labute approximate surface area is 275 Å². The normalized spacial score (nSPS) is 22.3. The van der Waals surface area contributed by atoms with E-state index in [1.165, 1.54) is 0 Å². The highest BCUT2D eigenvalue weighted by atomic mass is 32.2. The molecule has 8 nitrogen and oxygen atoms in total. The third-order valence-corrected chi connectivity index (χ3v) is 10.9. The molecule has 4 bridgehead atoms. The summed E-state index contributed by atoms with van der Waals surface area (Å²) in [5.74, 6) is 1.87. The van der Waals surface area contributed by atoms with Gasteiger partial charge in [0.25, 0.3) is 10.0 Å². The maximum Gasteiger partial charge on any atom is 0.264 e. The zero-order chi connectivity index (χ0) is 33.0. The van der Waals surface area contributed by atoms with E-state index in [-0.39, 0.29) is 34.5 Å². The zero-order valence-electron chi connectivity index (χ0n) is 28.3. The third kappa shape index (κ3) is 7.73. The molecule has 1 N–H and O–H groups in total. The van der Waals surface area contributed by atoms with Gasteiger partial charge in [-0.25, -0.2) is 18.1 Å². The number of hydrogen-bond acceptors (Lipinski definition) is 6. The molecule has 1 amide bonds. The lowest BCUT2D eigenvalue weighted by atomic mass is 9.62. The molecule has 9 heteroatoms. The summed E-state index contributed by atoms with van der Waals surface area (Å²) in [4.78, 5) is 24.9. The molecule has 248 valence electrons. The molecule has 1 aromatic heterocycles. The largest absolute Gasteiger partial charge is 0.477 e. The Morgan fingerprint density at radius 3 is 2.33 bits per heavy atom. The van der Waals surface area contributed by atoms with E-state index in [1.807, 2.05) is 55.1 Å². The molecule has 1 fully saturated rings. The Kier molecular flexibility index (Phi) is 10.7. The first kappa shape index (κ1) is 33.9. The predicted molar refractivity (Wildman–Crippen MR) is 183 cm³/mol. The smallest absolute Gasteiger partial charge is 0.264 e. The second-order valence-corrected chi connectivity index (χ2v) is 15.4. The van der Waals surface area contributed by atoms with Crippen LogP contribution in [0.4, 0.5) is 5.95 Å². The fourth-order valence-electron chi connectivity index (χ4n) is 7.41. The van der Waals surface area contributed by atoms with Crippen molar-refractivity contribution in [2.45, 2.75) is 85.0 Å². The maximum absolute atomic E-state index is 13.7. The van der Waals surface area contributed by atoms with Crippen molar-refractivity contribution in [3.05, 3.63) is 65.2 Å². The summed E-state index contributed by atoms with van der Waals surface area (Å²) >= 11 is 0. The summed E-state index contributed by atoms with van der Waals surface area (Å²) in [6.45, 7) is 14.8. The summed E-state index contributed by atoms with van der Waals surface area (Å²) in [6.07, 6.45) is 5.31. The van der Waals surface area contributed by atoms with Crippen LogP contribution in [0.2, 0.25) is 0 Å². The minimum atomic E-state index is -3.96. The minimum absolute atomic E-state index is 0.0131. The van der Waals surface area contributed by atoms with Gasteiger partial charge in [-0.05, 0) is 105 Å². The Morgan fingerprint density at radius 2 is 1.67 bits per heavy atom. The highest BCUT2D eigenvalue weighted by Gasteiger charge is 2.43. The van der Waals surface area contributed by atoms with Crippen molar-refractivity contribution >= 4 is 21.9 Å². The van der Waals surface area contributed by atoms with Gasteiger partial charge in [-0.2, -0.15) is 4.98 Å². The summed E-state index contributed by atoms with van der Waals surface area (Å²) in [5.41, 5.74) is 4.59. The standard InChI is InChI=1S/C37H50N4O4S/c1-7-15-41(16-8-2)36(42)29-20-28(21-29)32-19-27-13-10-14-31(18-27)46(43,44)40-37-38-33(35-25(5)11-9-12-26(35)6)22-34(39-37)45-23-30(32)17-24(3)4/h9-14,18,22,24,28-30,32H,7-8,15-17,19-21,23H2,1-6H3,(H,38,39,40). The average Bonchev–Trinajstić information content (AvgIpc) is 2.97. The number of benzene rings is 2. The molecule has 2 heterocycles. The van der Waals surface area contributed by atoms with E-state index in [2.05, 4.69) is 42.4 Å². The highest BCUT2D eigenvalue weighted by Crippen LogP contribution is 2.46. The lowest BCUT2D eigenvalue weighted by molar-refractivity contribution is -0.141. The Bertz CT molecular complexity index is 1610. The van der Waals surface area contributed by atoms with Crippen molar-refractivity contribution in [1.29, 1.82) is 0 Å². The van der Waals surface area contributed by atoms with Gasteiger partial charge in [-0.15, -0.1) is 0 Å². The quantitative estimate of drug-likeness (QED) is 0.259. The van der Waals surface area contributed by atoms with Crippen LogP contribution in [0.25, 0.3) is 11.3 Å². The first-order valence-corrected chi connectivity index (χ1v) is 18.5. The Morgan fingerprint density at radius 1 is 1.00 bits per heavy atom. The molecule has 2 aliphatic rings. The van der Waals surface area contributed by atoms with Gasteiger partial charge >= 0.3 is 0 Å². The molecule has 1 saturated carbocycles. The minimum Gasteiger partial charge on any atom is -0.477 e. The number of ether oxygens (including phenoxy) is 1. The summed E-state index contributed by atoms with van der Waals surface area (Å²) in [5, 5.41) is 0. The van der Waals surface area contributed by atoms with E-state index in [0.29, 0.717) is 30.0 Å². The van der Waals surface area contributed by atoms with Crippen LogP contribution in [0.1, 0.15) is 76.5 Å². The number of nitrogens with zero attached hydrogens (tertiary/aromatic N) is 3. The number of hydrogen-bond donors (Lipinski definition) is 1. The number of amides is 1. The van der Waals surface area contributed by atoms with E-state index in [1.54, 1.807) is 12.1 Å². The number of nitrogens with one attached hydrogen (secondary N) is 1.